The van der Waals surface area contributed by atoms with Crippen LogP contribution in [-0.4, -0.2) is 29.2 Å². The highest BCUT2D eigenvalue weighted by molar-refractivity contribution is 14.0. The van der Waals surface area contributed by atoms with Gasteiger partial charge in [-0.25, -0.2) is 4.99 Å². The minimum atomic E-state index is 0. The Labute approximate surface area is 189 Å². The number of aromatic nitrogens is 2. The Morgan fingerprint density at radius 3 is 2.34 bits per heavy atom. The maximum atomic E-state index is 5.01. The van der Waals surface area contributed by atoms with Gasteiger partial charge in [0.15, 0.2) is 11.8 Å². The molecule has 0 bridgehead atoms. The Bertz CT molecular complexity index is 867. The van der Waals surface area contributed by atoms with Crippen LogP contribution in [0.1, 0.15) is 35.7 Å². The number of hydrogen-bond donors (Lipinski definition) is 2. The molecule has 2 aromatic carbocycles. The van der Waals surface area contributed by atoms with Crippen LogP contribution < -0.4 is 10.6 Å². The molecule has 1 heterocycles. The van der Waals surface area contributed by atoms with E-state index in [1.165, 1.54) is 11.1 Å². The minimum absolute atomic E-state index is 0. The van der Waals surface area contributed by atoms with Crippen LogP contribution in [0, 0.1) is 6.92 Å². The molecule has 3 aromatic rings. The summed E-state index contributed by atoms with van der Waals surface area (Å²) in [6.45, 7) is 5.76. The van der Waals surface area contributed by atoms with E-state index in [-0.39, 0.29) is 24.0 Å². The lowest BCUT2D eigenvalue weighted by molar-refractivity contribution is 0.387. The zero-order chi connectivity index (χ0) is 19.6. The number of aryl methyl sites for hydroxylation is 1. The minimum Gasteiger partial charge on any atom is -0.357 e. The van der Waals surface area contributed by atoms with Gasteiger partial charge in [0.1, 0.15) is 6.54 Å². The molecule has 0 fully saturated rings. The third-order valence-corrected chi connectivity index (χ3v) is 4.40. The van der Waals surface area contributed by atoms with E-state index in [1.54, 1.807) is 6.92 Å². The Morgan fingerprint density at radius 2 is 1.72 bits per heavy atom. The first-order valence-electron chi connectivity index (χ1n) is 9.65. The number of benzene rings is 2. The second-order valence-electron chi connectivity index (χ2n) is 6.60. The molecule has 0 radical (unpaired) electrons. The average Bonchev–Trinajstić information content (AvgIpc) is 3.15. The summed E-state index contributed by atoms with van der Waals surface area (Å²) in [5.74, 6) is 2.22. The van der Waals surface area contributed by atoms with Gasteiger partial charge < -0.3 is 15.2 Å². The van der Waals surface area contributed by atoms with Gasteiger partial charge in [0.2, 0.25) is 5.89 Å². The van der Waals surface area contributed by atoms with Crippen LogP contribution in [0.2, 0.25) is 0 Å². The number of rotatable bonds is 8. The van der Waals surface area contributed by atoms with Crippen molar-refractivity contribution in [3.05, 3.63) is 83.5 Å². The van der Waals surface area contributed by atoms with Crippen LogP contribution in [0.4, 0.5) is 0 Å². The molecule has 7 heteroatoms. The van der Waals surface area contributed by atoms with E-state index < -0.39 is 0 Å². The number of nitrogens with zero attached hydrogens (tertiary/aromatic N) is 3. The van der Waals surface area contributed by atoms with Crippen LogP contribution >= 0.6 is 24.0 Å². The third-order valence-electron chi connectivity index (χ3n) is 4.40. The molecule has 29 heavy (non-hydrogen) atoms. The molecule has 1 atom stereocenters. The molecule has 6 nitrogen and oxygen atoms in total. The summed E-state index contributed by atoms with van der Waals surface area (Å²) in [5.41, 5.74) is 2.63. The predicted octanol–water partition coefficient (Wildman–Crippen LogP) is 4.08. The quantitative estimate of drug-likeness (QED) is 0.274. The lowest BCUT2D eigenvalue weighted by Gasteiger charge is -2.20. The van der Waals surface area contributed by atoms with Crippen molar-refractivity contribution >= 4 is 29.9 Å². The van der Waals surface area contributed by atoms with Crippen molar-refractivity contribution in [1.29, 1.82) is 0 Å². The monoisotopic (exact) mass is 505 g/mol. The highest BCUT2D eigenvalue weighted by Crippen LogP contribution is 2.20. The van der Waals surface area contributed by atoms with Gasteiger partial charge in [-0.05, 0) is 24.5 Å². The van der Waals surface area contributed by atoms with Crippen LogP contribution in [0.3, 0.4) is 0 Å². The Hall–Kier alpha value is -2.42. The molecule has 0 amide bonds. The molecule has 1 aromatic heterocycles. The first-order valence-corrected chi connectivity index (χ1v) is 9.65. The van der Waals surface area contributed by atoms with Gasteiger partial charge in [-0.2, -0.15) is 4.98 Å². The second-order valence-corrected chi connectivity index (χ2v) is 6.60. The van der Waals surface area contributed by atoms with Crippen molar-refractivity contribution in [3.63, 3.8) is 0 Å². The van der Waals surface area contributed by atoms with E-state index in [0.29, 0.717) is 24.2 Å². The summed E-state index contributed by atoms with van der Waals surface area (Å²) >= 11 is 0. The van der Waals surface area contributed by atoms with E-state index >= 15 is 0 Å². The molecule has 2 N–H and O–H groups in total. The summed E-state index contributed by atoms with van der Waals surface area (Å²) in [6.07, 6.45) is 0.960. The largest absolute Gasteiger partial charge is 0.357 e. The summed E-state index contributed by atoms with van der Waals surface area (Å²) < 4.78 is 5.01. The fourth-order valence-corrected chi connectivity index (χ4v) is 3.05. The lowest BCUT2D eigenvalue weighted by Crippen LogP contribution is -2.39. The maximum absolute atomic E-state index is 5.01. The van der Waals surface area contributed by atoms with Crippen molar-refractivity contribution in [2.24, 2.45) is 4.99 Å². The Balaban J connectivity index is 0.00000300. The highest BCUT2D eigenvalue weighted by atomic mass is 127. The highest BCUT2D eigenvalue weighted by Gasteiger charge is 2.13. The van der Waals surface area contributed by atoms with Crippen molar-refractivity contribution in [1.82, 2.24) is 20.8 Å². The van der Waals surface area contributed by atoms with Crippen LogP contribution in [0.25, 0.3) is 0 Å². The number of guanidine groups is 1. The molecule has 0 saturated carbocycles. The predicted molar refractivity (Wildman–Crippen MR) is 127 cm³/mol. The molecule has 0 aliphatic rings. The average molecular weight is 505 g/mol. The molecule has 0 saturated heterocycles. The maximum Gasteiger partial charge on any atom is 0.223 e. The molecular weight excluding hydrogens is 477 g/mol. The first kappa shape index (κ1) is 22.9. The van der Waals surface area contributed by atoms with Gasteiger partial charge in [-0.1, -0.05) is 65.8 Å². The zero-order valence-electron chi connectivity index (χ0n) is 16.8. The standard InChI is InChI=1S/C22H27N5O.HI/c1-3-23-22(25-16-21-26-17(2)28-27-21)24-15-20(19-12-8-5-9-13-19)14-18-10-6-4-7-11-18;/h4-13,20H,3,14-16H2,1-2H3,(H2,23,24,25);1H. The van der Waals surface area contributed by atoms with Crippen molar-refractivity contribution in [2.75, 3.05) is 13.1 Å². The molecule has 0 aliphatic heterocycles. The second kappa shape index (κ2) is 12.2. The third kappa shape index (κ3) is 7.49. The number of aliphatic imine (C=N–C) groups is 1. The fourth-order valence-electron chi connectivity index (χ4n) is 3.05. The van der Waals surface area contributed by atoms with Gasteiger partial charge in [-0.15, -0.1) is 24.0 Å². The van der Waals surface area contributed by atoms with E-state index in [4.69, 9.17) is 4.52 Å². The van der Waals surface area contributed by atoms with Crippen LogP contribution in [0.15, 0.2) is 70.2 Å². The van der Waals surface area contributed by atoms with E-state index in [2.05, 4.69) is 86.4 Å². The molecule has 0 spiro atoms. The SMILES string of the molecule is CCNC(=NCc1noc(C)n1)NCC(Cc1ccccc1)c1ccccc1.I. The van der Waals surface area contributed by atoms with Crippen molar-refractivity contribution in [2.45, 2.75) is 32.7 Å². The topological polar surface area (TPSA) is 75.3 Å². The molecule has 0 aliphatic carbocycles. The van der Waals surface area contributed by atoms with E-state index in [0.717, 1.165) is 25.5 Å². The van der Waals surface area contributed by atoms with Crippen LogP contribution in [0.5, 0.6) is 0 Å². The lowest BCUT2D eigenvalue weighted by atomic mass is 9.92. The summed E-state index contributed by atoms with van der Waals surface area (Å²) in [4.78, 5) is 8.78. The smallest absolute Gasteiger partial charge is 0.223 e. The van der Waals surface area contributed by atoms with Gasteiger partial charge >= 0.3 is 0 Å². The normalized spacial score (nSPS) is 12.1. The molecule has 3 rings (SSSR count). The van der Waals surface area contributed by atoms with Crippen LogP contribution in [-0.2, 0) is 13.0 Å². The number of nitrogens with one attached hydrogen (secondary N) is 2. The van der Waals surface area contributed by atoms with Crippen molar-refractivity contribution < 1.29 is 4.52 Å². The Kier molecular flexibility index (Phi) is 9.63. The Morgan fingerprint density at radius 1 is 1.03 bits per heavy atom. The van der Waals surface area contributed by atoms with Gasteiger partial charge in [0, 0.05) is 25.9 Å². The fraction of sp³-hybridized carbons (Fsp3) is 0.318. The summed E-state index contributed by atoms with van der Waals surface area (Å²) in [6, 6.07) is 21.2. The summed E-state index contributed by atoms with van der Waals surface area (Å²) in [7, 11) is 0. The number of hydrogen-bond acceptors (Lipinski definition) is 4. The van der Waals surface area contributed by atoms with E-state index in [9.17, 15) is 0 Å². The zero-order valence-corrected chi connectivity index (χ0v) is 19.2. The summed E-state index contributed by atoms with van der Waals surface area (Å²) in [5, 5.41) is 10.7. The van der Waals surface area contributed by atoms with Crippen molar-refractivity contribution in [3.8, 4) is 0 Å². The first-order chi connectivity index (χ1) is 13.7. The van der Waals surface area contributed by atoms with Gasteiger partial charge in [0.25, 0.3) is 0 Å². The van der Waals surface area contributed by atoms with E-state index in [1.807, 2.05) is 6.92 Å². The molecule has 154 valence electrons. The number of halogens is 1. The molecule has 1 unspecified atom stereocenters. The molecular formula is C22H28IN5O. The van der Waals surface area contributed by atoms with Gasteiger partial charge in [0.05, 0.1) is 0 Å². The van der Waals surface area contributed by atoms with Gasteiger partial charge in [-0.3, -0.25) is 0 Å².